The van der Waals surface area contributed by atoms with Gasteiger partial charge in [-0.15, -0.1) is 0 Å². The molecule has 3 aromatic rings. The molecule has 0 unspecified atom stereocenters. The second kappa shape index (κ2) is 7.25. The van der Waals surface area contributed by atoms with Crippen LogP contribution in [0.1, 0.15) is 27.2 Å². The maximum absolute atomic E-state index is 11.5. The van der Waals surface area contributed by atoms with Gasteiger partial charge in [-0.3, -0.25) is 4.79 Å². The molecule has 0 aliphatic rings. The number of aromatic carboxylic acids is 1. The molecule has 0 bridgehead atoms. The smallest absolute Gasteiger partial charge is 0.336 e. The number of aliphatic hydroxyl groups excluding tert-OH is 1. The molecule has 132 valence electrons. The first-order valence-electron chi connectivity index (χ1n) is 7.95. The van der Waals surface area contributed by atoms with Crippen LogP contribution in [-0.4, -0.2) is 26.3 Å². The van der Waals surface area contributed by atoms with Crippen molar-refractivity contribution in [3.63, 3.8) is 0 Å². The van der Waals surface area contributed by atoms with E-state index in [9.17, 15) is 24.9 Å². The molecule has 2 aromatic carbocycles. The van der Waals surface area contributed by atoms with Crippen LogP contribution in [0.4, 0.5) is 0 Å². The van der Waals surface area contributed by atoms with Crippen molar-refractivity contribution < 1.29 is 20.1 Å². The maximum Gasteiger partial charge on any atom is 0.336 e. The van der Waals surface area contributed by atoms with Crippen molar-refractivity contribution in [1.82, 2.24) is 4.98 Å². The third-order valence-electron chi connectivity index (χ3n) is 4.14. The first-order valence-corrected chi connectivity index (χ1v) is 7.95. The highest BCUT2D eigenvalue weighted by Gasteiger charge is 2.16. The van der Waals surface area contributed by atoms with E-state index in [4.69, 9.17) is 0 Å². The molecule has 0 amide bonds. The first-order chi connectivity index (χ1) is 12.5. The van der Waals surface area contributed by atoms with Gasteiger partial charge in [-0.1, -0.05) is 18.2 Å². The van der Waals surface area contributed by atoms with Crippen LogP contribution in [0.2, 0.25) is 0 Å². The van der Waals surface area contributed by atoms with Crippen molar-refractivity contribution in [3.8, 4) is 16.9 Å². The average molecular weight is 351 g/mol. The summed E-state index contributed by atoms with van der Waals surface area (Å²) in [5, 5.41) is 29.5. The largest absolute Gasteiger partial charge is 0.508 e. The molecule has 0 atom stereocenters. The van der Waals surface area contributed by atoms with Crippen LogP contribution in [0, 0.1) is 0 Å². The van der Waals surface area contributed by atoms with Gasteiger partial charge in [0.2, 0.25) is 0 Å². The Labute approximate surface area is 149 Å². The van der Waals surface area contributed by atoms with Gasteiger partial charge in [0.25, 0.3) is 0 Å². The van der Waals surface area contributed by atoms with Gasteiger partial charge in [-0.25, -0.2) is 4.79 Å². The number of carboxylic acids is 1. The van der Waals surface area contributed by atoms with Crippen molar-refractivity contribution in [2.45, 2.75) is 13.0 Å². The lowest BCUT2D eigenvalue weighted by Gasteiger charge is -2.14. The van der Waals surface area contributed by atoms with E-state index in [1.54, 1.807) is 24.3 Å². The summed E-state index contributed by atoms with van der Waals surface area (Å²) in [5.41, 5.74) is 2.44. The number of nitrogens with one attached hydrogen (secondary N) is 1. The van der Waals surface area contributed by atoms with Crippen molar-refractivity contribution in [2.24, 2.45) is 0 Å². The average Bonchev–Trinajstić information content (AvgIpc) is 2.63. The number of carbonyl (C=O) groups is 1. The maximum atomic E-state index is 11.5. The number of H-pyrrole nitrogens is 1. The lowest BCUT2D eigenvalue weighted by molar-refractivity contribution is 0.0697. The Morgan fingerprint density at radius 2 is 1.77 bits per heavy atom. The van der Waals surface area contributed by atoms with Crippen molar-refractivity contribution in [1.29, 1.82) is 0 Å². The lowest BCUT2D eigenvalue weighted by atomic mass is 9.92. The van der Waals surface area contributed by atoms with Crippen molar-refractivity contribution >= 4 is 5.97 Å². The molecular formula is C20H17NO5. The van der Waals surface area contributed by atoms with Crippen molar-refractivity contribution in [3.05, 3.63) is 87.3 Å². The van der Waals surface area contributed by atoms with E-state index in [0.29, 0.717) is 27.9 Å². The summed E-state index contributed by atoms with van der Waals surface area (Å²) in [5.74, 6) is -1.13. The fourth-order valence-corrected chi connectivity index (χ4v) is 2.91. The van der Waals surface area contributed by atoms with E-state index < -0.39 is 5.97 Å². The topological polar surface area (TPSA) is 111 Å². The lowest BCUT2D eigenvalue weighted by Crippen LogP contribution is -2.04. The van der Waals surface area contributed by atoms with E-state index >= 15 is 0 Å². The fraction of sp³-hybridized carbons (Fsp3) is 0.100. The molecule has 0 spiro atoms. The predicted octanol–water partition coefficient (Wildman–Crippen LogP) is 2.53. The highest BCUT2D eigenvalue weighted by molar-refractivity contribution is 5.96. The number of aromatic hydroxyl groups is 1. The van der Waals surface area contributed by atoms with E-state index in [1.165, 1.54) is 30.5 Å². The van der Waals surface area contributed by atoms with Gasteiger partial charge >= 0.3 is 5.97 Å². The number of aromatic nitrogens is 1. The minimum Gasteiger partial charge on any atom is -0.508 e. The molecule has 6 heteroatoms. The Kier molecular flexibility index (Phi) is 4.86. The number of rotatable bonds is 5. The summed E-state index contributed by atoms with van der Waals surface area (Å²) < 4.78 is 0. The van der Waals surface area contributed by atoms with Crippen molar-refractivity contribution in [2.75, 3.05) is 0 Å². The van der Waals surface area contributed by atoms with Gasteiger partial charge in [0.05, 0.1) is 12.2 Å². The third-order valence-corrected chi connectivity index (χ3v) is 4.14. The Morgan fingerprint density at radius 3 is 2.46 bits per heavy atom. The predicted molar refractivity (Wildman–Crippen MR) is 96.3 cm³/mol. The van der Waals surface area contributed by atoms with Gasteiger partial charge in [0.1, 0.15) is 5.75 Å². The normalized spacial score (nSPS) is 10.7. The molecule has 1 aromatic heterocycles. The molecule has 26 heavy (non-hydrogen) atoms. The summed E-state index contributed by atoms with van der Waals surface area (Å²) in [7, 11) is 0. The molecule has 0 saturated heterocycles. The van der Waals surface area contributed by atoms with Crippen LogP contribution in [0.3, 0.4) is 0 Å². The second-order valence-corrected chi connectivity index (χ2v) is 5.87. The highest BCUT2D eigenvalue weighted by atomic mass is 16.4. The Bertz CT molecular complexity index is 1020. The van der Waals surface area contributed by atoms with Gasteiger partial charge in [0, 0.05) is 36.0 Å². The number of hydrogen-bond acceptors (Lipinski definition) is 4. The highest BCUT2D eigenvalue weighted by Crippen LogP contribution is 2.33. The number of aliphatic hydroxyl groups is 1. The van der Waals surface area contributed by atoms with Gasteiger partial charge in [-0.2, -0.15) is 0 Å². The van der Waals surface area contributed by atoms with E-state index in [1.807, 2.05) is 0 Å². The SMILES string of the molecule is O=C(O)c1ccccc1-c1cc(O)c(Cc2cc(=O)cc[nH]2)cc1CO. The van der Waals surface area contributed by atoms with E-state index in [0.717, 1.165) is 0 Å². The van der Waals surface area contributed by atoms with Crippen LogP contribution in [-0.2, 0) is 13.0 Å². The number of aromatic amines is 1. The molecular weight excluding hydrogens is 334 g/mol. The van der Waals surface area contributed by atoms with Gasteiger partial charge < -0.3 is 20.3 Å². The van der Waals surface area contributed by atoms with Gasteiger partial charge in [0.15, 0.2) is 5.43 Å². The number of phenols is 1. The van der Waals surface area contributed by atoms with Crippen LogP contribution in [0.5, 0.6) is 5.75 Å². The number of phenolic OH excluding ortho intramolecular Hbond substituents is 1. The summed E-state index contributed by atoms with van der Waals surface area (Å²) in [6, 6.07) is 12.3. The summed E-state index contributed by atoms with van der Waals surface area (Å²) >= 11 is 0. The summed E-state index contributed by atoms with van der Waals surface area (Å²) in [6.07, 6.45) is 1.80. The molecule has 1 heterocycles. The molecule has 0 fully saturated rings. The molecule has 4 N–H and O–H groups in total. The second-order valence-electron chi connectivity index (χ2n) is 5.87. The quantitative estimate of drug-likeness (QED) is 0.564. The standard InChI is InChI=1S/C20H17NO5/c22-11-13-7-12(8-14-9-15(23)5-6-21-14)19(24)10-18(13)16-3-1-2-4-17(16)20(25)26/h1-7,9-10,22,24H,8,11H2,(H,21,23)(H,25,26). The van der Waals surface area contributed by atoms with Crippen LogP contribution < -0.4 is 5.43 Å². The zero-order valence-corrected chi connectivity index (χ0v) is 13.8. The van der Waals surface area contributed by atoms with Crippen LogP contribution >= 0.6 is 0 Å². The third kappa shape index (κ3) is 3.50. The number of hydrogen-bond donors (Lipinski definition) is 4. The minimum absolute atomic E-state index is 0.0397. The number of carboxylic acid groups (broad SMARTS) is 1. The molecule has 0 radical (unpaired) electrons. The number of pyridine rings is 1. The monoisotopic (exact) mass is 351 g/mol. The molecule has 0 aliphatic heterocycles. The first kappa shape index (κ1) is 17.4. The zero-order chi connectivity index (χ0) is 18.7. The molecule has 0 saturated carbocycles. The zero-order valence-electron chi connectivity index (χ0n) is 13.8. The van der Waals surface area contributed by atoms with Gasteiger partial charge in [-0.05, 0) is 34.9 Å². The summed E-state index contributed by atoms with van der Waals surface area (Å²) in [4.78, 5) is 25.9. The van der Waals surface area contributed by atoms with E-state index in [2.05, 4.69) is 4.98 Å². The Balaban J connectivity index is 2.09. The Hall–Kier alpha value is -3.38. The van der Waals surface area contributed by atoms with Crippen LogP contribution in [0.25, 0.3) is 11.1 Å². The molecule has 3 rings (SSSR count). The summed E-state index contributed by atoms with van der Waals surface area (Å²) in [6.45, 7) is -0.318. The van der Waals surface area contributed by atoms with E-state index in [-0.39, 0.29) is 29.8 Å². The number of benzene rings is 2. The molecule has 0 aliphatic carbocycles. The van der Waals surface area contributed by atoms with Crippen LogP contribution in [0.15, 0.2) is 59.5 Å². The molecule has 6 nitrogen and oxygen atoms in total. The fourth-order valence-electron chi connectivity index (χ4n) is 2.91. The Morgan fingerprint density at radius 1 is 1.00 bits per heavy atom. The minimum atomic E-state index is -1.09.